The molecule has 0 aliphatic carbocycles. The fourth-order valence-corrected chi connectivity index (χ4v) is 4.19. The number of nitrogen functional groups attached to an aromatic ring is 1. The topological polar surface area (TPSA) is 102 Å². The molecular formula is C21H19N5O2S2. The number of fused-ring (bicyclic) bond motifs is 1. The summed E-state index contributed by atoms with van der Waals surface area (Å²) in [5, 5.41) is 0. The van der Waals surface area contributed by atoms with E-state index in [0.29, 0.717) is 16.8 Å². The zero-order chi connectivity index (χ0) is 21.5. The quantitative estimate of drug-likeness (QED) is 0.474. The number of hydrogen-bond donors (Lipinski definition) is 2. The van der Waals surface area contributed by atoms with E-state index in [2.05, 4.69) is 22.6 Å². The molecule has 4 aromatic rings. The van der Waals surface area contributed by atoms with E-state index in [1.807, 2.05) is 36.4 Å². The Kier molecular flexibility index (Phi) is 5.19. The average molecular weight is 438 g/mol. The van der Waals surface area contributed by atoms with Crippen molar-refractivity contribution in [2.45, 2.75) is 9.79 Å². The molecule has 152 valence electrons. The first-order chi connectivity index (χ1) is 14.3. The predicted octanol–water partition coefficient (Wildman–Crippen LogP) is 3.48. The Labute approximate surface area is 180 Å². The van der Waals surface area contributed by atoms with Gasteiger partial charge in [-0.3, -0.25) is 4.98 Å². The summed E-state index contributed by atoms with van der Waals surface area (Å²) in [6.07, 6.45) is 3.25. The van der Waals surface area contributed by atoms with Gasteiger partial charge in [-0.05, 0) is 42.0 Å². The smallest absolute Gasteiger partial charge is 0.246 e. The molecule has 0 aliphatic rings. The maximum atomic E-state index is 12.6. The zero-order valence-corrected chi connectivity index (χ0v) is 18.0. The molecule has 0 aliphatic heterocycles. The van der Waals surface area contributed by atoms with Crippen LogP contribution in [0.25, 0.3) is 33.4 Å². The van der Waals surface area contributed by atoms with E-state index in [0.717, 1.165) is 25.8 Å². The summed E-state index contributed by atoms with van der Waals surface area (Å²) < 4.78 is 26.3. The number of sulfonamides is 1. The minimum absolute atomic E-state index is 0.0531. The van der Waals surface area contributed by atoms with Crippen LogP contribution in [0, 0.1) is 0 Å². The number of benzene rings is 1. The van der Waals surface area contributed by atoms with E-state index in [9.17, 15) is 8.42 Å². The summed E-state index contributed by atoms with van der Waals surface area (Å²) in [6, 6.07) is 14.8. The fraction of sp³-hybridized carbons (Fsp3) is 0.0952. The van der Waals surface area contributed by atoms with Gasteiger partial charge < -0.3 is 5.73 Å². The van der Waals surface area contributed by atoms with Crippen LogP contribution in [0.1, 0.15) is 0 Å². The molecule has 3 aromatic heterocycles. The molecule has 2 N–H and O–H groups in total. The van der Waals surface area contributed by atoms with Gasteiger partial charge in [0.15, 0.2) is 0 Å². The molecular weight excluding hydrogens is 418 g/mol. The zero-order valence-electron chi connectivity index (χ0n) is 16.3. The van der Waals surface area contributed by atoms with E-state index in [-0.39, 0.29) is 10.7 Å². The summed E-state index contributed by atoms with van der Waals surface area (Å²) in [5.74, 6) is -0.0533. The largest absolute Gasteiger partial charge is 0.383 e. The number of thiol groups is 1. The number of nitrogens with two attached hydrogens (primary N) is 1. The third-order valence-electron chi connectivity index (χ3n) is 4.70. The second-order valence-electron chi connectivity index (χ2n) is 6.86. The van der Waals surface area contributed by atoms with Crippen molar-refractivity contribution in [1.82, 2.24) is 19.3 Å². The Hall–Kier alpha value is -3.01. The molecule has 0 fully saturated rings. The van der Waals surface area contributed by atoms with Gasteiger partial charge in [-0.2, -0.15) is 0 Å². The van der Waals surface area contributed by atoms with Crippen LogP contribution in [0.15, 0.2) is 70.7 Å². The first-order valence-corrected chi connectivity index (χ1v) is 10.9. The standard InChI is InChI=1S/C21H19N5O2S2/c1-26(2)30(27,28)19-11-14(12-24-21(19)22)17-7-8-18-20(25-17)16(9-10-23-18)13-3-5-15(29)6-4-13/h3-12,29H,1-2H3,(H2,22,24). The highest BCUT2D eigenvalue weighted by Gasteiger charge is 2.22. The van der Waals surface area contributed by atoms with Gasteiger partial charge in [0.25, 0.3) is 0 Å². The Balaban J connectivity index is 1.89. The van der Waals surface area contributed by atoms with Crippen molar-refractivity contribution in [3.8, 4) is 22.4 Å². The number of pyridine rings is 3. The highest BCUT2D eigenvalue weighted by atomic mass is 32.2. The predicted molar refractivity (Wildman–Crippen MR) is 121 cm³/mol. The molecule has 1 aromatic carbocycles. The monoisotopic (exact) mass is 437 g/mol. The Bertz CT molecular complexity index is 1350. The summed E-state index contributed by atoms with van der Waals surface area (Å²) >= 11 is 4.34. The van der Waals surface area contributed by atoms with Gasteiger partial charge in [0, 0.05) is 42.5 Å². The van der Waals surface area contributed by atoms with Crippen molar-refractivity contribution < 1.29 is 8.42 Å². The van der Waals surface area contributed by atoms with E-state index in [1.165, 1.54) is 26.4 Å². The SMILES string of the molecule is CN(C)S(=O)(=O)c1cc(-c2ccc3nccc(-c4ccc(S)cc4)c3n2)cnc1N. The minimum Gasteiger partial charge on any atom is -0.383 e. The van der Waals surface area contributed by atoms with Crippen molar-refractivity contribution in [3.63, 3.8) is 0 Å². The van der Waals surface area contributed by atoms with Gasteiger partial charge in [0.2, 0.25) is 10.0 Å². The summed E-state index contributed by atoms with van der Waals surface area (Å²) in [5.41, 5.74) is 10.3. The van der Waals surface area contributed by atoms with Crippen LogP contribution in [-0.2, 0) is 10.0 Å². The molecule has 0 saturated carbocycles. The van der Waals surface area contributed by atoms with Crippen LogP contribution in [-0.4, -0.2) is 41.8 Å². The van der Waals surface area contributed by atoms with Crippen molar-refractivity contribution in [1.29, 1.82) is 0 Å². The van der Waals surface area contributed by atoms with Gasteiger partial charge in [-0.25, -0.2) is 22.7 Å². The molecule has 0 saturated heterocycles. The fourth-order valence-electron chi connectivity index (χ4n) is 3.06. The van der Waals surface area contributed by atoms with Gasteiger partial charge >= 0.3 is 0 Å². The van der Waals surface area contributed by atoms with E-state index < -0.39 is 10.0 Å². The maximum absolute atomic E-state index is 12.6. The summed E-state index contributed by atoms with van der Waals surface area (Å²) in [6.45, 7) is 0. The van der Waals surface area contributed by atoms with Gasteiger partial charge in [0.1, 0.15) is 10.7 Å². The van der Waals surface area contributed by atoms with Crippen LogP contribution < -0.4 is 5.73 Å². The van der Waals surface area contributed by atoms with Crippen LogP contribution in [0.4, 0.5) is 5.82 Å². The average Bonchev–Trinajstić information content (AvgIpc) is 2.73. The molecule has 9 heteroatoms. The molecule has 4 rings (SSSR count). The van der Waals surface area contributed by atoms with Crippen LogP contribution in [0.2, 0.25) is 0 Å². The number of hydrogen-bond acceptors (Lipinski definition) is 7. The van der Waals surface area contributed by atoms with Crippen molar-refractivity contribution in [2.75, 3.05) is 19.8 Å². The number of aromatic nitrogens is 3. The van der Waals surface area contributed by atoms with Gasteiger partial charge in [-0.1, -0.05) is 12.1 Å². The van der Waals surface area contributed by atoms with Crippen molar-refractivity contribution >= 4 is 39.5 Å². The van der Waals surface area contributed by atoms with Crippen LogP contribution >= 0.6 is 12.6 Å². The lowest BCUT2D eigenvalue weighted by molar-refractivity contribution is 0.521. The second-order valence-corrected chi connectivity index (χ2v) is 9.50. The minimum atomic E-state index is -3.74. The van der Waals surface area contributed by atoms with Crippen LogP contribution in [0.5, 0.6) is 0 Å². The van der Waals surface area contributed by atoms with E-state index >= 15 is 0 Å². The highest BCUT2D eigenvalue weighted by Crippen LogP contribution is 2.30. The third-order valence-corrected chi connectivity index (χ3v) is 6.84. The van der Waals surface area contributed by atoms with Crippen LogP contribution in [0.3, 0.4) is 0 Å². The molecule has 0 bridgehead atoms. The van der Waals surface area contributed by atoms with Crippen molar-refractivity contribution in [2.24, 2.45) is 0 Å². The first-order valence-electron chi connectivity index (χ1n) is 9.01. The molecule has 30 heavy (non-hydrogen) atoms. The molecule has 0 amide bonds. The third kappa shape index (κ3) is 3.62. The number of nitrogens with zero attached hydrogens (tertiary/aromatic N) is 4. The lowest BCUT2D eigenvalue weighted by Crippen LogP contribution is -2.23. The molecule has 3 heterocycles. The normalized spacial score (nSPS) is 11.9. The van der Waals surface area contributed by atoms with E-state index in [4.69, 9.17) is 10.7 Å². The van der Waals surface area contributed by atoms with Gasteiger partial charge in [-0.15, -0.1) is 12.6 Å². The maximum Gasteiger partial charge on any atom is 0.246 e. The molecule has 0 atom stereocenters. The Morgan fingerprint density at radius 1 is 0.967 bits per heavy atom. The Morgan fingerprint density at radius 3 is 2.40 bits per heavy atom. The van der Waals surface area contributed by atoms with E-state index in [1.54, 1.807) is 12.3 Å². The number of anilines is 1. The molecule has 0 unspecified atom stereocenters. The molecule has 7 nitrogen and oxygen atoms in total. The summed E-state index contributed by atoms with van der Waals surface area (Å²) in [4.78, 5) is 14.1. The first kappa shape index (κ1) is 20.3. The molecule has 0 spiro atoms. The number of rotatable bonds is 4. The van der Waals surface area contributed by atoms with Gasteiger partial charge in [0.05, 0.1) is 16.7 Å². The van der Waals surface area contributed by atoms with Crippen molar-refractivity contribution in [3.05, 3.63) is 60.9 Å². The highest BCUT2D eigenvalue weighted by molar-refractivity contribution is 7.89. The Morgan fingerprint density at radius 2 is 1.70 bits per heavy atom. The second kappa shape index (κ2) is 7.67. The lowest BCUT2D eigenvalue weighted by Gasteiger charge is -2.14. The molecule has 0 radical (unpaired) electrons. The summed E-state index contributed by atoms with van der Waals surface area (Å²) in [7, 11) is -0.841. The lowest BCUT2D eigenvalue weighted by atomic mass is 10.0.